The molecule has 1 heterocycles. The van der Waals surface area contributed by atoms with E-state index >= 15 is 0 Å². The molecule has 0 saturated heterocycles. The van der Waals surface area contributed by atoms with E-state index in [-0.39, 0.29) is 0 Å². The first-order valence-electron chi connectivity index (χ1n) is 2.26. The molecule has 1 rings (SSSR count). The van der Waals surface area contributed by atoms with Gasteiger partial charge in [0.1, 0.15) is 12.1 Å². The van der Waals surface area contributed by atoms with Crippen LogP contribution in [0.5, 0.6) is 0 Å². The summed E-state index contributed by atoms with van der Waals surface area (Å²) in [5.41, 5.74) is 4.91. The molecule has 0 aromatic heterocycles. The lowest BCUT2D eigenvalue weighted by atomic mass is 10.6. The number of allylic oxidation sites excluding steroid dienone is 1. The quantitative estimate of drug-likeness (QED) is 0.503. The molecule has 9 heavy (non-hydrogen) atoms. The van der Waals surface area contributed by atoms with Crippen molar-refractivity contribution in [1.29, 1.82) is 0 Å². The Balaban J connectivity index is 2.56. The lowest BCUT2D eigenvalue weighted by Crippen LogP contribution is -2.25. The topological polar surface area (TPSA) is 58.7 Å². The van der Waals surface area contributed by atoms with Crippen LogP contribution in [0.25, 0.3) is 0 Å². The van der Waals surface area contributed by atoms with Gasteiger partial charge in [-0.2, -0.15) is 0 Å². The summed E-state index contributed by atoms with van der Waals surface area (Å²) in [5, 5.41) is 0. The van der Waals surface area contributed by atoms with E-state index < -0.39 is 6.03 Å². The summed E-state index contributed by atoms with van der Waals surface area (Å²) in [4.78, 5) is 10.4. The largest absolute Gasteiger partial charge is 0.350 e. The van der Waals surface area contributed by atoms with Crippen LogP contribution in [-0.4, -0.2) is 16.6 Å². The Bertz CT molecular complexity index is 177. The fourth-order valence-electron chi connectivity index (χ4n) is 0.371. The molecule has 0 fully saturated rings. The second kappa shape index (κ2) is 2.54. The first kappa shape index (κ1) is 6.15. The van der Waals surface area contributed by atoms with Crippen molar-refractivity contribution in [2.24, 2.45) is 10.1 Å². The van der Waals surface area contributed by atoms with Crippen LogP contribution in [-0.2, 0) is 0 Å². The molecule has 5 heteroatoms. The monoisotopic (exact) mass is 143 g/mol. The van der Waals surface area contributed by atoms with Crippen LogP contribution >= 0.6 is 12.1 Å². The van der Waals surface area contributed by atoms with Crippen molar-refractivity contribution in [3.05, 3.63) is 12.3 Å². The maximum atomic E-state index is 10.4. The third-order valence-electron chi connectivity index (χ3n) is 0.721. The number of amides is 2. The molecule has 0 aromatic carbocycles. The predicted molar refractivity (Wildman–Crippen MR) is 36.6 cm³/mol. The van der Waals surface area contributed by atoms with Crippen molar-refractivity contribution in [1.82, 2.24) is 4.31 Å². The minimum Gasteiger partial charge on any atom is -0.350 e. The van der Waals surface area contributed by atoms with E-state index in [4.69, 9.17) is 5.73 Å². The Labute approximate surface area is 56.7 Å². The van der Waals surface area contributed by atoms with Crippen LogP contribution < -0.4 is 5.73 Å². The van der Waals surface area contributed by atoms with Gasteiger partial charge < -0.3 is 5.73 Å². The van der Waals surface area contributed by atoms with Crippen molar-refractivity contribution < 1.29 is 4.79 Å². The first-order valence-corrected chi connectivity index (χ1v) is 2.99. The molecule has 0 unspecified atom stereocenters. The van der Waals surface area contributed by atoms with Gasteiger partial charge in [-0.25, -0.2) is 13.5 Å². The number of hydrogen-bond acceptors (Lipinski definition) is 3. The van der Waals surface area contributed by atoms with Crippen molar-refractivity contribution in [3.8, 4) is 0 Å². The van der Waals surface area contributed by atoms with Gasteiger partial charge in [0.25, 0.3) is 0 Å². The highest BCUT2D eigenvalue weighted by atomic mass is 32.2. The summed E-state index contributed by atoms with van der Waals surface area (Å²) in [6.07, 6.45) is 4.78. The van der Waals surface area contributed by atoms with E-state index in [9.17, 15) is 4.79 Å². The molecule has 0 aromatic rings. The van der Waals surface area contributed by atoms with E-state index in [2.05, 4.69) is 4.40 Å². The predicted octanol–water partition coefficient (Wildman–Crippen LogP) is 0.528. The van der Waals surface area contributed by atoms with Gasteiger partial charge in [-0.05, 0) is 6.08 Å². The van der Waals surface area contributed by atoms with E-state index in [0.717, 1.165) is 12.1 Å². The summed E-state index contributed by atoms with van der Waals surface area (Å²) in [5.74, 6) is 0. The van der Waals surface area contributed by atoms with Gasteiger partial charge in [0, 0.05) is 12.4 Å². The Hall–Kier alpha value is -0.970. The molecule has 48 valence electrons. The Morgan fingerprint density at radius 3 is 2.89 bits per heavy atom. The van der Waals surface area contributed by atoms with Gasteiger partial charge in [0.2, 0.25) is 0 Å². The Morgan fingerprint density at radius 2 is 2.56 bits per heavy atom. The molecule has 0 spiro atoms. The molecular weight excluding hydrogens is 138 g/mol. The van der Waals surface area contributed by atoms with Crippen molar-refractivity contribution in [2.75, 3.05) is 0 Å². The molecule has 0 atom stereocenters. The summed E-state index contributed by atoms with van der Waals surface area (Å²) in [6, 6.07) is -0.506. The SMILES string of the molecule is NC(=O)N1C=CC=NS1. The van der Waals surface area contributed by atoms with Crippen LogP contribution in [0.3, 0.4) is 0 Å². The highest BCUT2D eigenvalue weighted by molar-refractivity contribution is 7.96. The number of nitrogens with two attached hydrogens (primary N) is 1. The van der Waals surface area contributed by atoms with E-state index in [1.54, 1.807) is 18.5 Å². The van der Waals surface area contributed by atoms with E-state index in [1.165, 1.54) is 4.31 Å². The third kappa shape index (κ3) is 1.46. The zero-order valence-corrected chi connectivity index (χ0v) is 5.34. The summed E-state index contributed by atoms with van der Waals surface area (Å²) in [7, 11) is 0. The van der Waals surface area contributed by atoms with E-state index in [0.29, 0.717) is 0 Å². The standard InChI is InChI=1S/C4H5N3OS/c5-4(8)7-3-1-2-6-9-7/h1-3H,(H2,5,8). The minimum atomic E-state index is -0.506. The molecule has 1 aliphatic heterocycles. The number of carbonyl (C=O) groups excluding carboxylic acids is 1. The molecule has 0 saturated carbocycles. The maximum absolute atomic E-state index is 10.4. The summed E-state index contributed by atoms with van der Waals surface area (Å²) < 4.78 is 4.95. The van der Waals surface area contributed by atoms with Crippen LogP contribution in [0.2, 0.25) is 0 Å². The van der Waals surface area contributed by atoms with Crippen molar-refractivity contribution >= 4 is 24.4 Å². The van der Waals surface area contributed by atoms with E-state index in [1.807, 2.05) is 0 Å². The molecule has 4 nitrogen and oxygen atoms in total. The van der Waals surface area contributed by atoms with Gasteiger partial charge in [0.15, 0.2) is 0 Å². The van der Waals surface area contributed by atoms with Crippen LogP contribution in [0, 0.1) is 0 Å². The molecule has 0 aliphatic carbocycles. The number of hydrogen-bond donors (Lipinski definition) is 1. The average Bonchev–Trinajstić information content (AvgIpc) is 1.90. The lowest BCUT2D eigenvalue weighted by Gasteiger charge is -2.10. The third-order valence-corrected chi connectivity index (χ3v) is 1.41. The van der Waals surface area contributed by atoms with Gasteiger partial charge in [-0.3, -0.25) is 0 Å². The number of primary amides is 1. The van der Waals surface area contributed by atoms with Gasteiger partial charge >= 0.3 is 6.03 Å². The second-order valence-corrected chi connectivity index (χ2v) is 2.11. The van der Waals surface area contributed by atoms with Crippen LogP contribution in [0.15, 0.2) is 16.7 Å². The smallest absolute Gasteiger partial charge is 0.330 e. The number of nitrogens with zero attached hydrogens (tertiary/aromatic N) is 2. The second-order valence-electron chi connectivity index (χ2n) is 1.34. The normalized spacial score (nSPS) is 16.2. The van der Waals surface area contributed by atoms with Crippen LogP contribution in [0.1, 0.15) is 0 Å². The Morgan fingerprint density at radius 1 is 1.78 bits per heavy atom. The number of urea groups is 1. The van der Waals surface area contributed by atoms with Crippen molar-refractivity contribution in [2.45, 2.75) is 0 Å². The molecule has 0 bridgehead atoms. The molecule has 2 N–H and O–H groups in total. The number of carbonyl (C=O) groups is 1. The van der Waals surface area contributed by atoms with Crippen molar-refractivity contribution in [3.63, 3.8) is 0 Å². The summed E-state index contributed by atoms with van der Waals surface area (Å²) in [6.45, 7) is 0. The average molecular weight is 143 g/mol. The van der Waals surface area contributed by atoms with Gasteiger partial charge in [-0.1, -0.05) is 0 Å². The lowest BCUT2D eigenvalue weighted by molar-refractivity contribution is 0.242. The summed E-state index contributed by atoms with van der Waals surface area (Å²) >= 11 is 1.01. The molecule has 1 aliphatic rings. The highest BCUT2D eigenvalue weighted by Crippen LogP contribution is 2.13. The fraction of sp³-hybridized carbons (Fsp3) is 0. The zero-order valence-electron chi connectivity index (χ0n) is 4.52. The number of rotatable bonds is 0. The molecule has 0 radical (unpaired) electrons. The molecule has 2 amide bonds. The van der Waals surface area contributed by atoms with Gasteiger partial charge in [-0.15, -0.1) is 0 Å². The van der Waals surface area contributed by atoms with Gasteiger partial charge in [0.05, 0.1) is 0 Å². The molecular formula is C4H5N3OS. The fourth-order valence-corrected chi connectivity index (χ4v) is 0.802. The zero-order chi connectivity index (χ0) is 6.69. The maximum Gasteiger partial charge on any atom is 0.330 e. The first-order chi connectivity index (χ1) is 4.30. The minimum absolute atomic E-state index is 0.506. The van der Waals surface area contributed by atoms with Crippen LogP contribution in [0.4, 0.5) is 4.79 Å². The Kier molecular flexibility index (Phi) is 1.74. The highest BCUT2D eigenvalue weighted by Gasteiger charge is 2.06.